The Balaban J connectivity index is 2.98. The first-order valence-electron chi connectivity index (χ1n) is 2.23. The largest absolute Gasteiger partial charge is 0.284 e. The van der Waals surface area contributed by atoms with Crippen LogP contribution in [0.3, 0.4) is 0 Å². The van der Waals surface area contributed by atoms with Crippen molar-refractivity contribution in [3.63, 3.8) is 0 Å². The van der Waals surface area contributed by atoms with E-state index in [2.05, 4.69) is 0 Å². The van der Waals surface area contributed by atoms with Gasteiger partial charge in [-0.15, -0.1) is 11.3 Å². The SMILES string of the molecule is O=[C]c1ccc([C]=O)s1. The van der Waals surface area contributed by atoms with E-state index in [1.807, 2.05) is 0 Å². The molecule has 2 nitrogen and oxygen atoms in total. The van der Waals surface area contributed by atoms with E-state index in [9.17, 15) is 9.59 Å². The molecule has 2 radical (unpaired) electrons. The summed E-state index contributed by atoms with van der Waals surface area (Å²) in [6.07, 6.45) is 3.34. The van der Waals surface area contributed by atoms with Gasteiger partial charge >= 0.3 is 0 Å². The van der Waals surface area contributed by atoms with Gasteiger partial charge in [-0.2, -0.15) is 0 Å². The summed E-state index contributed by atoms with van der Waals surface area (Å²) < 4.78 is 0. The predicted octanol–water partition coefficient (Wildman–Crippen LogP) is 0.664. The van der Waals surface area contributed by atoms with Crippen molar-refractivity contribution in [1.29, 1.82) is 0 Å². The summed E-state index contributed by atoms with van der Waals surface area (Å²) in [5.74, 6) is 0. The van der Waals surface area contributed by atoms with Crippen LogP contribution < -0.4 is 0 Å². The van der Waals surface area contributed by atoms with E-state index in [4.69, 9.17) is 0 Å². The van der Waals surface area contributed by atoms with Crippen LogP contribution in [0.15, 0.2) is 12.1 Å². The second-order valence-electron chi connectivity index (χ2n) is 1.37. The lowest BCUT2D eigenvalue weighted by molar-refractivity contribution is 0.563. The first-order valence-corrected chi connectivity index (χ1v) is 3.04. The van der Waals surface area contributed by atoms with Crippen LogP contribution in [0.5, 0.6) is 0 Å². The predicted molar refractivity (Wildman–Crippen MR) is 33.9 cm³/mol. The van der Waals surface area contributed by atoms with Gasteiger partial charge in [0, 0.05) is 0 Å². The van der Waals surface area contributed by atoms with Crippen molar-refractivity contribution in [1.82, 2.24) is 0 Å². The molecule has 9 heavy (non-hydrogen) atoms. The van der Waals surface area contributed by atoms with E-state index in [0.29, 0.717) is 9.75 Å². The average Bonchev–Trinajstić information content (AvgIpc) is 2.34. The normalized spacial score (nSPS) is 8.89. The van der Waals surface area contributed by atoms with Crippen LogP contribution in [-0.4, -0.2) is 12.6 Å². The zero-order chi connectivity index (χ0) is 6.69. The number of rotatable bonds is 2. The fraction of sp³-hybridized carbons (Fsp3) is 0. The van der Waals surface area contributed by atoms with Crippen molar-refractivity contribution < 1.29 is 9.59 Å². The van der Waals surface area contributed by atoms with Crippen LogP contribution in [0.25, 0.3) is 0 Å². The molecular weight excluding hydrogens is 136 g/mol. The molecule has 0 aliphatic heterocycles. The van der Waals surface area contributed by atoms with Gasteiger partial charge in [-0.1, -0.05) is 0 Å². The number of carbonyl (C=O) groups excluding carboxylic acids is 2. The molecule has 0 amide bonds. The first-order chi connectivity index (χ1) is 4.36. The van der Waals surface area contributed by atoms with E-state index < -0.39 is 0 Å². The maximum Gasteiger partial charge on any atom is 0.244 e. The molecular formula is C6H2O2S. The zero-order valence-electron chi connectivity index (χ0n) is 4.38. The van der Waals surface area contributed by atoms with Gasteiger partial charge in [-0.25, -0.2) is 0 Å². The molecule has 44 valence electrons. The summed E-state index contributed by atoms with van der Waals surface area (Å²) in [4.78, 5) is 20.7. The van der Waals surface area contributed by atoms with Crippen molar-refractivity contribution in [2.75, 3.05) is 0 Å². The Kier molecular flexibility index (Phi) is 1.75. The molecule has 0 N–H and O–H groups in total. The molecule has 0 spiro atoms. The first kappa shape index (κ1) is 6.16. The van der Waals surface area contributed by atoms with Crippen molar-refractivity contribution in [2.45, 2.75) is 0 Å². The van der Waals surface area contributed by atoms with Crippen LogP contribution in [-0.2, 0) is 9.59 Å². The molecule has 0 aromatic carbocycles. The van der Waals surface area contributed by atoms with Crippen molar-refractivity contribution in [3.8, 4) is 0 Å². The lowest BCUT2D eigenvalue weighted by Gasteiger charge is -1.68. The van der Waals surface area contributed by atoms with Gasteiger partial charge in [0.15, 0.2) is 0 Å². The molecule has 0 saturated carbocycles. The van der Waals surface area contributed by atoms with E-state index in [-0.39, 0.29) is 0 Å². The van der Waals surface area contributed by atoms with E-state index >= 15 is 0 Å². The molecule has 0 aliphatic carbocycles. The fourth-order valence-corrected chi connectivity index (χ4v) is 1.04. The van der Waals surface area contributed by atoms with E-state index in [1.165, 1.54) is 12.1 Å². The minimum absolute atomic E-state index is 0.438. The number of hydrogen-bond acceptors (Lipinski definition) is 3. The maximum atomic E-state index is 9.89. The van der Waals surface area contributed by atoms with Crippen LogP contribution in [0.4, 0.5) is 0 Å². The summed E-state index contributed by atoms with van der Waals surface area (Å²) in [5.41, 5.74) is 0. The third-order valence-corrected chi connectivity index (χ3v) is 1.69. The molecule has 1 rings (SSSR count). The quantitative estimate of drug-likeness (QED) is 0.601. The maximum absolute atomic E-state index is 9.89. The minimum atomic E-state index is 0.438. The van der Waals surface area contributed by atoms with Gasteiger partial charge in [-0.05, 0) is 12.1 Å². The lowest BCUT2D eigenvalue weighted by Crippen LogP contribution is -1.65. The van der Waals surface area contributed by atoms with Gasteiger partial charge < -0.3 is 0 Å². The summed E-state index contributed by atoms with van der Waals surface area (Å²) in [7, 11) is 0. The Morgan fingerprint density at radius 3 is 1.78 bits per heavy atom. The van der Waals surface area contributed by atoms with E-state index in [1.54, 1.807) is 12.6 Å². The minimum Gasteiger partial charge on any atom is -0.284 e. The topological polar surface area (TPSA) is 34.1 Å². The smallest absolute Gasteiger partial charge is 0.244 e. The highest BCUT2D eigenvalue weighted by atomic mass is 32.1. The van der Waals surface area contributed by atoms with E-state index in [0.717, 1.165) is 11.3 Å². The van der Waals surface area contributed by atoms with Gasteiger partial charge in [0.1, 0.15) is 0 Å². The monoisotopic (exact) mass is 138 g/mol. The third kappa shape index (κ3) is 1.23. The van der Waals surface area contributed by atoms with Crippen molar-refractivity contribution in [2.24, 2.45) is 0 Å². The molecule has 1 aromatic rings. The molecule has 3 heteroatoms. The number of thiophene rings is 1. The van der Waals surface area contributed by atoms with Crippen LogP contribution in [0.1, 0.15) is 9.75 Å². The second kappa shape index (κ2) is 2.55. The molecule has 0 saturated heterocycles. The Bertz CT molecular complexity index is 204. The van der Waals surface area contributed by atoms with Crippen LogP contribution in [0, 0.1) is 0 Å². The summed E-state index contributed by atoms with van der Waals surface area (Å²) in [6.45, 7) is 0. The Hall–Kier alpha value is -0.960. The Morgan fingerprint density at radius 2 is 1.56 bits per heavy atom. The van der Waals surface area contributed by atoms with Gasteiger partial charge in [0.2, 0.25) is 12.6 Å². The summed E-state index contributed by atoms with van der Waals surface area (Å²) in [5, 5.41) is 0. The van der Waals surface area contributed by atoms with Crippen molar-refractivity contribution >= 4 is 23.9 Å². The molecule has 0 atom stereocenters. The molecule has 0 fully saturated rings. The zero-order valence-corrected chi connectivity index (χ0v) is 5.20. The highest BCUT2D eigenvalue weighted by Gasteiger charge is 1.96. The van der Waals surface area contributed by atoms with Crippen LogP contribution >= 0.6 is 11.3 Å². The Labute approximate surface area is 56.1 Å². The van der Waals surface area contributed by atoms with Crippen molar-refractivity contribution in [3.05, 3.63) is 21.9 Å². The van der Waals surface area contributed by atoms with Gasteiger partial charge in [0.05, 0.1) is 9.75 Å². The third-order valence-electron chi connectivity index (χ3n) is 0.807. The van der Waals surface area contributed by atoms with Crippen LogP contribution in [0.2, 0.25) is 0 Å². The molecule has 0 bridgehead atoms. The molecule has 1 aromatic heterocycles. The highest BCUT2D eigenvalue weighted by Crippen LogP contribution is 2.10. The molecule has 0 aliphatic rings. The average molecular weight is 138 g/mol. The standard InChI is InChI=1S/C6H2O2S/c7-3-5-1-2-6(4-8)9-5/h1-2H. The molecule has 1 heterocycles. The lowest BCUT2D eigenvalue weighted by atomic mass is 10.4. The summed E-state index contributed by atoms with van der Waals surface area (Å²) >= 11 is 1.09. The summed E-state index contributed by atoms with van der Waals surface area (Å²) in [6, 6.07) is 3.08. The second-order valence-corrected chi connectivity index (χ2v) is 2.45. The van der Waals surface area contributed by atoms with Gasteiger partial charge in [0.25, 0.3) is 0 Å². The molecule has 0 unspecified atom stereocenters. The Morgan fingerprint density at radius 1 is 1.11 bits per heavy atom. The fourth-order valence-electron chi connectivity index (χ4n) is 0.448. The van der Waals surface area contributed by atoms with Gasteiger partial charge in [-0.3, -0.25) is 9.59 Å². The number of hydrogen-bond donors (Lipinski definition) is 0. The highest BCUT2D eigenvalue weighted by molar-refractivity contribution is 7.15.